The van der Waals surface area contributed by atoms with Gasteiger partial charge < -0.3 is 0 Å². The summed E-state index contributed by atoms with van der Waals surface area (Å²) in [7, 11) is 0. The van der Waals surface area contributed by atoms with E-state index < -0.39 is 0 Å². The Morgan fingerprint density at radius 2 is 2.38 bits per heavy atom. The quantitative estimate of drug-likeness (QED) is 0.549. The second-order valence-electron chi connectivity index (χ2n) is 1.45. The summed E-state index contributed by atoms with van der Waals surface area (Å²) in [6.07, 6.45) is 0. The van der Waals surface area contributed by atoms with Gasteiger partial charge in [0.25, 0.3) is 0 Å². The molecule has 0 aromatic carbocycles. The second kappa shape index (κ2) is 1.53. The Balaban J connectivity index is 3.06. The van der Waals surface area contributed by atoms with Gasteiger partial charge in [-0.2, -0.15) is 0 Å². The van der Waals surface area contributed by atoms with Crippen LogP contribution in [0.4, 0.5) is 0 Å². The topological polar surface area (TPSA) is 12.9 Å². The van der Waals surface area contributed by atoms with E-state index in [1.165, 1.54) is 4.01 Å². The average molecular weight is 141 g/mol. The molecule has 2 aromatic rings. The van der Waals surface area contributed by atoms with Crippen LogP contribution in [-0.2, 0) is 0 Å². The molecule has 2 aromatic heterocycles. The number of thiazole rings is 1. The third-order valence-electron chi connectivity index (χ3n) is 0.962. The summed E-state index contributed by atoms with van der Waals surface area (Å²) in [5.41, 5.74) is 3.02. The molecule has 0 spiro atoms. The van der Waals surface area contributed by atoms with Crippen LogP contribution >= 0.6 is 22.7 Å². The number of rotatable bonds is 0. The van der Waals surface area contributed by atoms with Gasteiger partial charge in [-0.25, -0.2) is 4.98 Å². The van der Waals surface area contributed by atoms with Gasteiger partial charge in [0.15, 0.2) is 0 Å². The van der Waals surface area contributed by atoms with Gasteiger partial charge in [-0.15, -0.1) is 22.7 Å². The third kappa shape index (κ3) is 0.485. The molecule has 0 saturated heterocycles. The predicted molar refractivity (Wildman–Crippen MR) is 37.5 cm³/mol. The molecule has 1 nitrogen and oxygen atoms in total. The number of hydrogen-bond donors (Lipinski definition) is 0. The molecule has 2 heterocycles. The molecule has 0 aliphatic heterocycles. The normalized spacial score (nSPS) is 10.5. The van der Waals surface area contributed by atoms with E-state index in [1.807, 2.05) is 11.6 Å². The number of thiophene rings is 1. The SMILES string of the molecule is c1cc2ncsc2s1. The van der Waals surface area contributed by atoms with Crippen molar-refractivity contribution < 1.29 is 0 Å². The molecule has 2 rings (SSSR count). The largest absolute Gasteiger partial charge is 0.244 e. The first kappa shape index (κ1) is 4.47. The molecule has 40 valence electrons. The van der Waals surface area contributed by atoms with E-state index in [2.05, 4.69) is 10.4 Å². The molecule has 3 heteroatoms. The summed E-state index contributed by atoms with van der Waals surface area (Å²) in [6.45, 7) is 0. The van der Waals surface area contributed by atoms with Crippen molar-refractivity contribution in [2.24, 2.45) is 0 Å². The van der Waals surface area contributed by atoms with E-state index in [9.17, 15) is 0 Å². The summed E-state index contributed by atoms with van der Waals surface area (Å²) in [6, 6.07) is 2.04. The van der Waals surface area contributed by atoms with Crippen molar-refractivity contribution in [3.63, 3.8) is 0 Å². The molecule has 0 N–H and O–H groups in total. The Bertz CT molecular complexity index is 232. The molecule has 0 aliphatic carbocycles. The highest BCUT2D eigenvalue weighted by molar-refractivity contribution is 7.36. The van der Waals surface area contributed by atoms with E-state index in [4.69, 9.17) is 0 Å². The van der Waals surface area contributed by atoms with Gasteiger partial charge in [-0.3, -0.25) is 0 Å². The fourth-order valence-corrected chi connectivity index (χ4v) is 2.19. The summed E-state index contributed by atoms with van der Waals surface area (Å²) < 4.78 is 1.32. The smallest absolute Gasteiger partial charge is 0.107 e. The number of fused-ring (bicyclic) bond motifs is 1. The molecule has 0 radical (unpaired) electrons. The summed E-state index contributed by atoms with van der Waals surface area (Å²) in [5.74, 6) is 0. The van der Waals surface area contributed by atoms with Crippen LogP contribution in [0.1, 0.15) is 0 Å². The molecular formula is C5H3NS2. The molecule has 0 unspecified atom stereocenters. The number of aromatic nitrogens is 1. The van der Waals surface area contributed by atoms with Crippen LogP contribution in [0.3, 0.4) is 0 Å². The highest BCUT2D eigenvalue weighted by Gasteiger charge is 1.92. The first-order chi connectivity index (χ1) is 3.97. The van der Waals surface area contributed by atoms with Gasteiger partial charge in [0.2, 0.25) is 0 Å². The van der Waals surface area contributed by atoms with Crippen LogP contribution in [0.2, 0.25) is 0 Å². The Hall–Kier alpha value is -0.410. The molecule has 8 heavy (non-hydrogen) atoms. The minimum absolute atomic E-state index is 1.14. The first-order valence-electron chi connectivity index (χ1n) is 2.23. The van der Waals surface area contributed by atoms with Crippen molar-refractivity contribution in [3.05, 3.63) is 17.0 Å². The zero-order valence-electron chi connectivity index (χ0n) is 4.00. The van der Waals surface area contributed by atoms with Crippen LogP contribution in [0.15, 0.2) is 17.0 Å². The van der Waals surface area contributed by atoms with Crippen molar-refractivity contribution >= 4 is 32.2 Å². The zero-order chi connectivity index (χ0) is 5.40. The minimum Gasteiger partial charge on any atom is -0.244 e. The van der Waals surface area contributed by atoms with Gasteiger partial charge in [0.1, 0.15) is 4.01 Å². The Morgan fingerprint density at radius 3 is 3.25 bits per heavy atom. The Kier molecular flexibility index (Phi) is 0.856. The van der Waals surface area contributed by atoms with E-state index >= 15 is 0 Å². The predicted octanol–water partition coefficient (Wildman–Crippen LogP) is 2.36. The maximum Gasteiger partial charge on any atom is 0.107 e. The van der Waals surface area contributed by atoms with Crippen LogP contribution in [0.5, 0.6) is 0 Å². The Labute approximate surface area is 54.6 Å². The maximum atomic E-state index is 4.11. The van der Waals surface area contributed by atoms with Crippen LogP contribution in [0.25, 0.3) is 9.53 Å². The van der Waals surface area contributed by atoms with Crippen molar-refractivity contribution in [1.82, 2.24) is 4.98 Å². The third-order valence-corrected chi connectivity index (χ3v) is 2.87. The average Bonchev–Trinajstić information content (AvgIpc) is 2.15. The number of nitrogens with zero attached hydrogens (tertiary/aromatic N) is 1. The lowest BCUT2D eigenvalue weighted by Gasteiger charge is -1.62. The fourth-order valence-electron chi connectivity index (χ4n) is 0.604. The fraction of sp³-hybridized carbons (Fsp3) is 0. The maximum absolute atomic E-state index is 4.11. The molecule has 0 atom stereocenters. The van der Waals surface area contributed by atoms with E-state index in [0.29, 0.717) is 0 Å². The van der Waals surface area contributed by atoms with Crippen molar-refractivity contribution in [3.8, 4) is 0 Å². The van der Waals surface area contributed by atoms with Crippen molar-refractivity contribution in [2.45, 2.75) is 0 Å². The highest BCUT2D eigenvalue weighted by Crippen LogP contribution is 2.22. The summed E-state index contributed by atoms with van der Waals surface area (Å²) in [5, 5.41) is 2.06. The number of hydrogen-bond acceptors (Lipinski definition) is 3. The lowest BCUT2D eigenvalue weighted by molar-refractivity contribution is 1.51. The van der Waals surface area contributed by atoms with Crippen LogP contribution in [0, 0.1) is 0 Å². The lowest BCUT2D eigenvalue weighted by atomic mass is 10.6. The van der Waals surface area contributed by atoms with Crippen LogP contribution < -0.4 is 0 Å². The van der Waals surface area contributed by atoms with E-state index in [-0.39, 0.29) is 0 Å². The molecule has 0 fully saturated rings. The first-order valence-corrected chi connectivity index (χ1v) is 3.99. The lowest BCUT2D eigenvalue weighted by Crippen LogP contribution is -1.49. The van der Waals surface area contributed by atoms with Gasteiger partial charge in [-0.05, 0) is 11.4 Å². The Morgan fingerprint density at radius 1 is 1.38 bits per heavy atom. The molecular weight excluding hydrogens is 138 g/mol. The summed E-state index contributed by atoms with van der Waals surface area (Å²) in [4.78, 5) is 4.11. The van der Waals surface area contributed by atoms with Crippen molar-refractivity contribution in [2.75, 3.05) is 0 Å². The molecule has 0 saturated carbocycles. The van der Waals surface area contributed by atoms with Crippen molar-refractivity contribution in [1.29, 1.82) is 0 Å². The second-order valence-corrected chi connectivity index (χ2v) is 3.47. The van der Waals surface area contributed by atoms with Gasteiger partial charge >= 0.3 is 0 Å². The minimum atomic E-state index is 1.14. The van der Waals surface area contributed by atoms with Gasteiger partial charge in [-0.1, -0.05) is 0 Å². The molecule has 0 amide bonds. The summed E-state index contributed by atoms with van der Waals surface area (Å²) >= 11 is 3.45. The van der Waals surface area contributed by atoms with E-state index in [1.54, 1.807) is 22.7 Å². The monoisotopic (exact) mass is 141 g/mol. The van der Waals surface area contributed by atoms with Gasteiger partial charge in [0.05, 0.1) is 11.0 Å². The molecule has 0 aliphatic rings. The highest BCUT2D eigenvalue weighted by atomic mass is 32.2. The van der Waals surface area contributed by atoms with Gasteiger partial charge in [0, 0.05) is 0 Å². The standard InChI is InChI=1S/C5H3NS2/c1-2-7-5-4(1)6-3-8-5/h1-3H. The van der Waals surface area contributed by atoms with E-state index in [0.717, 1.165) is 5.52 Å². The zero-order valence-corrected chi connectivity index (χ0v) is 5.63. The van der Waals surface area contributed by atoms with Crippen LogP contribution in [-0.4, -0.2) is 4.98 Å². The molecule has 0 bridgehead atoms.